The first kappa shape index (κ1) is 26.1. The Morgan fingerprint density at radius 1 is 0.750 bits per heavy atom. The Bertz CT molecular complexity index is 749. The molecule has 0 fully saturated rings. The highest BCUT2D eigenvalue weighted by atomic mass is 16.6. The van der Waals surface area contributed by atoms with Gasteiger partial charge >= 0.3 is 5.97 Å². The van der Waals surface area contributed by atoms with Gasteiger partial charge in [-0.2, -0.15) is 0 Å². The average Bonchev–Trinajstić information content (AvgIpc) is 2.82. The lowest BCUT2D eigenvalue weighted by Crippen LogP contribution is -2.20. The Kier molecular flexibility index (Phi) is 12.8. The van der Waals surface area contributed by atoms with Crippen molar-refractivity contribution in [2.45, 2.75) is 91.1 Å². The quantitative estimate of drug-likeness (QED) is 0.197. The summed E-state index contributed by atoms with van der Waals surface area (Å²) in [5.41, 5.74) is 4.26. The van der Waals surface area contributed by atoms with Gasteiger partial charge in [-0.1, -0.05) is 95.2 Å². The van der Waals surface area contributed by atoms with Crippen molar-refractivity contribution in [3.8, 4) is 11.1 Å². The molecule has 0 bridgehead atoms. The van der Waals surface area contributed by atoms with Crippen LogP contribution in [0.3, 0.4) is 0 Å². The molecule has 0 aliphatic heterocycles. The Balaban J connectivity index is 1.76. The molecular formula is C29H42O3. The minimum absolute atomic E-state index is 0.247. The van der Waals surface area contributed by atoms with Gasteiger partial charge < -0.3 is 9.47 Å². The molecule has 2 aromatic carbocycles. The van der Waals surface area contributed by atoms with E-state index in [9.17, 15) is 4.79 Å². The first-order valence-electron chi connectivity index (χ1n) is 12.6. The van der Waals surface area contributed by atoms with Crippen LogP contribution in [0.5, 0.6) is 0 Å². The lowest BCUT2D eigenvalue weighted by atomic mass is 10.00. The summed E-state index contributed by atoms with van der Waals surface area (Å²) in [5, 5.41) is 0. The molecule has 0 aromatic heterocycles. The fraction of sp³-hybridized carbons (Fsp3) is 0.552. The molecule has 0 heterocycles. The third kappa shape index (κ3) is 9.99. The van der Waals surface area contributed by atoms with E-state index in [0.717, 1.165) is 24.8 Å². The Hall–Kier alpha value is -2.13. The molecule has 32 heavy (non-hydrogen) atoms. The fourth-order valence-electron chi connectivity index (χ4n) is 3.73. The van der Waals surface area contributed by atoms with Crippen LogP contribution in [0.25, 0.3) is 11.1 Å². The van der Waals surface area contributed by atoms with Gasteiger partial charge in [-0.25, -0.2) is 4.79 Å². The maximum Gasteiger partial charge on any atom is 0.338 e. The zero-order chi connectivity index (χ0) is 23.0. The van der Waals surface area contributed by atoms with Crippen LogP contribution >= 0.6 is 0 Å². The molecule has 176 valence electrons. The number of aryl methyl sites for hydroxylation is 1. The number of carbonyl (C=O) groups excluding carboxylic acids is 1. The number of ether oxygens (including phenoxy) is 2. The van der Waals surface area contributed by atoms with Crippen LogP contribution in [0, 0.1) is 0 Å². The Morgan fingerprint density at radius 2 is 1.31 bits per heavy atom. The van der Waals surface area contributed by atoms with E-state index in [-0.39, 0.29) is 12.1 Å². The van der Waals surface area contributed by atoms with E-state index in [2.05, 4.69) is 38.1 Å². The van der Waals surface area contributed by atoms with Crippen molar-refractivity contribution in [3.05, 3.63) is 59.7 Å². The molecule has 0 saturated heterocycles. The minimum Gasteiger partial charge on any atom is -0.457 e. The van der Waals surface area contributed by atoms with Crippen molar-refractivity contribution in [2.24, 2.45) is 0 Å². The van der Waals surface area contributed by atoms with Crippen molar-refractivity contribution in [1.29, 1.82) is 0 Å². The van der Waals surface area contributed by atoms with E-state index in [0.29, 0.717) is 18.8 Å². The summed E-state index contributed by atoms with van der Waals surface area (Å²) in [5.74, 6) is -0.298. The van der Waals surface area contributed by atoms with Crippen LogP contribution in [0.4, 0.5) is 0 Å². The predicted molar refractivity (Wildman–Crippen MR) is 134 cm³/mol. The van der Waals surface area contributed by atoms with Crippen LogP contribution < -0.4 is 0 Å². The maximum absolute atomic E-state index is 12.4. The normalized spacial score (nSPS) is 12.0. The van der Waals surface area contributed by atoms with Crippen LogP contribution in [-0.4, -0.2) is 25.3 Å². The van der Waals surface area contributed by atoms with Crippen LogP contribution in [0.15, 0.2) is 48.5 Å². The molecule has 0 aliphatic rings. The first-order chi connectivity index (χ1) is 15.6. The summed E-state index contributed by atoms with van der Waals surface area (Å²) in [6.07, 6.45) is 12.4. The molecule has 3 nitrogen and oxygen atoms in total. The molecule has 0 spiro atoms. The predicted octanol–water partition coefficient (Wildman–Crippen LogP) is 8.01. The van der Waals surface area contributed by atoms with Crippen LogP contribution in [-0.2, 0) is 15.9 Å². The molecule has 0 N–H and O–H groups in total. The molecule has 1 unspecified atom stereocenters. The average molecular weight is 439 g/mol. The van der Waals surface area contributed by atoms with Crippen molar-refractivity contribution < 1.29 is 14.3 Å². The molecule has 0 amide bonds. The number of unbranched alkanes of at least 4 members (excludes halogenated alkanes) is 7. The number of hydrogen-bond donors (Lipinski definition) is 0. The monoisotopic (exact) mass is 438 g/mol. The van der Waals surface area contributed by atoms with Gasteiger partial charge in [0.05, 0.1) is 12.2 Å². The van der Waals surface area contributed by atoms with Crippen molar-refractivity contribution in [2.75, 3.05) is 13.2 Å². The fourth-order valence-corrected chi connectivity index (χ4v) is 3.73. The zero-order valence-electron chi connectivity index (χ0n) is 20.4. The van der Waals surface area contributed by atoms with Crippen molar-refractivity contribution >= 4 is 5.97 Å². The van der Waals surface area contributed by atoms with Gasteiger partial charge in [-0.05, 0) is 55.0 Å². The van der Waals surface area contributed by atoms with Gasteiger partial charge in [0.1, 0.15) is 6.10 Å². The molecule has 3 heteroatoms. The third-order valence-electron chi connectivity index (χ3n) is 5.78. The number of esters is 1. The second-order valence-corrected chi connectivity index (χ2v) is 8.79. The van der Waals surface area contributed by atoms with E-state index < -0.39 is 0 Å². The Morgan fingerprint density at radius 3 is 1.94 bits per heavy atom. The second-order valence-electron chi connectivity index (χ2n) is 8.79. The smallest absolute Gasteiger partial charge is 0.338 e. The topological polar surface area (TPSA) is 35.5 Å². The number of carbonyl (C=O) groups is 1. The van der Waals surface area contributed by atoms with E-state index in [1.165, 1.54) is 56.1 Å². The Labute approximate surface area is 195 Å². The van der Waals surface area contributed by atoms with Gasteiger partial charge in [0.15, 0.2) is 0 Å². The van der Waals surface area contributed by atoms with Crippen LogP contribution in [0.2, 0.25) is 0 Å². The van der Waals surface area contributed by atoms with Gasteiger partial charge in [-0.3, -0.25) is 0 Å². The van der Waals surface area contributed by atoms with Crippen molar-refractivity contribution in [1.82, 2.24) is 0 Å². The van der Waals surface area contributed by atoms with Gasteiger partial charge in [-0.15, -0.1) is 0 Å². The lowest BCUT2D eigenvalue weighted by molar-refractivity contribution is 0.00169. The van der Waals surface area contributed by atoms with Crippen molar-refractivity contribution in [3.63, 3.8) is 0 Å². The highest BCUT2D eigenvalue weighted by molar-refractivity contribution is 5.90. The molecular weight excluding hydrogens is 396 g/mol. The van der Waals surface area contributed by atoms with Crippen LogP contribution in [0.1, 0.15) is 94.5 Å². The summed E-state index contributed by atoms with van der Waals surface area (Å²) in [6, 6.07) is 16.5. The maximum atomic E-state index is 12.4. The SMILES string of the molecule is CCCCCCCCCc1ccc(-c2ccc(C(=O)OC(C)COCCCC)cc2)cc1. The number of hydrogen-bond acceptors (Lipinski definition) is 3. The molecule has 0 saturated carbocycles. The van der Waals surface area contributed by atoms with Gasteiger partial charge in [0.2, 0.25) is 0 Å². The molecule has 2 aromatic rings. The third-order valence-corrected chi connectivity index (χ3v) is 5.78. The second kappa shape index (κ2) is 15.6. The highest BCUT2D eigenvalue weighted by Crippen LogP contribution is 2.22. The summed E-state index contributed by atoms with van der Waals surface area (Å²) in [4.78, 5) is 12.4. The van der Waals surface area contributed by atoms with E-state index in [1.807, 2.05) is 31.2 Å². The standard InChI is InChI=1S/C29H42O3/c1-4-6-8-9-10-11-12-13-25-14-16-26(17-15-25)27-18-20-28(21-19-27)29(30)32-24(3)23-31-22-7-5-2/h14-21,24H,4-13,22-23H2,1-3H3. The molecule has 2 rings (SSSR count). The lowest BCUT2D eigenvalue weighted by Gasteiger charge is -2.14. The summed E-state index contributed by atoms with van der Waals surface area (Å²) in [7, 11) is 0. The minimum atomic E-state index is -0.298. The number of rotatable bonds is 16. The van der Waals surface area contributed by atoms with Gasteiger partial charge in [0, 0.05) is 6.61 Å². The van der Waals surface area contributed by atoms with E-state index >= 15 is 0 Å². The van der Waals surface area contributed by atoms with E-state index in [1.54, 1.807) is 0 Å². The van der Waals surface area contributed by atoms with Gasteiger partial charge in [0.25, 0.3) is 0 Å². The zero-order valence-corrected chi connectivity index (χ0v) is 20.4. The van der Waals surface area contributed by atoms with E-state index in [4.69, 9.17) is 9.47 Å². The largest absolute Gasteiger partial charge is 0.457 e. The number of benzene rings is 2. The molecule has 1 atom stereocenters. The molecule has 0 aliphatic carbocycles. The highest BCUT2D eigenvalue weighted by Gasteiger charge is 2.12. The molecule has 0 radical (unpaired) electrons. The summed E-state index contributed by atoms with van der Waals surface area (Å²) < 4.78 is 11.0. The summed E-state index contributed by atoms with van der Waals surface area (Å²) >= 11 is 0. The first-order valence-corrected chi connectivity index (χ1v) is 12.6. The summed E-state index contributed by atoms with van der Waals surface area (Å²) in [6.45, 7) is 7.41.